The lowest BCUT2D eigenvalue weighted by atomic mass is 10.2. The molecule has 1 aliphatic carbocycles. The average molecular weight is 252 g/mol. The van der Waals surface area contributed by atoms with Gasteiger partial charge < -0.3 is 15.4 Å². The lowest BCUT2D eigenvalue weighted by molar-refractivity contribution is 0.196. The molecule has 100 valence electrons. The summed E-state index contributed by atoms with van der Waals surface area (Å²) in [5.74, 6) is 0.673. The summed E-state index contributed by atoms with van der Waals surface area (Å²) < 4.78 is 6.76. The molecule has 1 aromatic heterocycles. The number of carbonyl (C=O) groups excluding carboxylic acids is 1. The molecule has 1 aromatic rings. The van der Waals surface area contributed by atoms with Crippen molar-refractivity contribution in [1.82, 2.24) is 20.4 Å². The van der Waals surface area contributed by atoms with Gasteiger partial charge in [0, 0.05) is 32.3 Å². The molecule has 1 saturated carbocycles. The molecule has 0 unspecified atom stereocenters. The molecule has 2 rings (SSSR count). The minimum absolute atomic E-state index is 0.189. The van der Waals surface area contributed by atoms with E-state index in [-0.39, 0.29) is 6.03 Å². The number of hydrogen-bond donors (Lipinski definition) is 2. The third-order valence-corrected chi connectivity index (χ3v) is 2.98. The SMILES string of the molecule is COCCNC(=O)NCc1cc(C2CC2)n(C)n1. The van der Waals surface area contributed by atoms with Gasteiger partial charge in [0.1, 0.15) is 0 Å². The third kappa shape index (κ3) is 3.46. The highest BCUT2D eigenvalue weighted by atomic mass is 16.5. The minimum atomic E-state index is -0.189. The van der Waals surface area contributed by atoms with Gasteiger partial charge in [-0.3, -0.25) is 4.68 Å². The fraction of sp³-hybridized carbons (Fsp3) is 0.667. The molecular formula is C12H20N4O2. The summed E-state index contributed by atoms with van der Waals surface area (Å²) in [7, 11) is 3.56. The number of hydrogen-bond acceptors (Lipinski definition) is 3. The molecule has 0 aromatic carbocycles. The Morgan fingerprint density at radius 1 is 1.56 bits per heavy atom. The van der Waals surface area contributed by atoms with Crippen LogP contribution in [0.15, 0.2) is 6.07 Å². The van der Waals surface area contributed by atoms with Gasteiger partial charge in [-0.2, -0.15) is 5.10 Å². The Labute approximate surface area is 107 Å². The number of methoxy groups -OCH3 is 1. The molecule has 0 spiro atoms. The summed E-state index contributed by atoms with van der Waals surface area (Å²) in [6, 6.07) is 1.89. The molecule has 2 amide bonds. The summed E-state index contributed by atoms with van der Waals surface area (Å²) in [6.45, 7) is 1.49. The van der Waals surface area contributed by atoms with E-state index in [2.05, 4.69) is 21.8 Å². The first-order chi connectivity index (χ1) is 8.70. The maximum absolute atomic E-state index is 11.4. The molecule has 1 aliphatic rings. The van der Waals surface area contributed by atoms with Crippen LogP contribution in [0.3, 0.4) is 0 Å². The highest BCUT2D eigenvalue weighted by Crippen LogP contribution is 2.39. The van der Waals surface area contributed by atoms with Crippen LogP contribution in [0.25, 0.3) is 0 Å². The van der Waals surface area contributed by atoms with Crippen LogP contribution < -0.4 is 10.6 Å². The zero-order chi connectivity index (χ0) is 13.0. The van der Waals surface area contributed by atoms with E-state index in [1.165, 1.54) is 18.5 Å². The van der Waals surface area contributed by atoms with E-state index in [4.69, 9.17) is 4.74 Å². The fourth-order valence-corrected chi connectivity index (χ4v) is 1.89. The predicted molar refractivity (Wildman–Crippen MR) is 67.3 cm³/mol. The molecular weight excluding hydrogens is 232 g/mol. The second kappa shape index (κ2) is 5.86. The van der Waals surface area contributed by atoms with Gasteiger partial charge in [0.05, 0.1) is 18.8 Å². The van der Waals surface area contributed by atoms with E-state index in [1.54, 1.807) is 7.11 Å². The minimum Gasteiger partial charge on any atom is -0.383 e. The molecule has 1 heterocycles. The molecule has 18 heavy (non-hydrogen) atoms. The Balaban J connectivity index is 1.75. The Bertz CT molecular complexity index is 412. The van der Waals surface area contributed by atoms with Crippen molar-refractivity contribution in [1.29, 1.82) is 0 Å². The summed E-state index contributed by atoms with van der Waals surface area (Å²) in [4.78, 5) is 11.4. The van der Waals surface area contributed by atoms with Crippen molar-refractivity contribution in [2.45, 2.75) is 25.3 Å². The maximum Gasteiger partial charge on any atom is 0.315 e. The maximum atomic E-state index is 11.4. The zero-order valence-corrected chi connectivity index (χ0v) is 10.9. The van der Waals surface area contributed by atoms with Crippen molar-refractivity contribution in [3.05, 3.63) is 17.5 Å². The first kappa shape index (κ1) is 12.9. The van der Waals surface area contributed by atoms with Crippen LogP contribution in [0.2, 0.25) is 0 Å². The van der Waals surface area contributed by atoms with Crippen molar-refractivity contribution >= 4 is 6.03 Å². The smallest absolute Gasteiger partial charge is 0.315 e. The van der Waals surface area contributed by atoms with Gasteiger partial charge in [-0.1, -0.05) is 0 Å². The van der Waals surface area contributed by atoms with Crippen LogP contribution in [0.4, 0.5) is 4.79 Å². The molecule has 2 N–H and O–H groups in total. The van der Waals surface area contributed by atoms with Crippen LogP contribution in [-0.4, -0.2) is 36.1 Å². The second-order valence-electron chi connectivity index (χ2n) is 4.56. The number of aromatic nitrogens is 2. The average Bonchev–Trinajstić information content (AvgIpc) is 3.11. The number of aryl methyl sites for hydroxylation is 1. The largest absolute Gasteiger partial charge is 0.383 e. The van der Waals surface area contributed by atoms with Crippen molar-refractivity contribution in [3.63, 3.8) is 0 Å². The number of nitrogens with one attached hydrogen (secondary N) is 2. The lowest BCUT2D eigenvalue weighted by Crippen LogP contribution is -2.36. The monoisotopic (exact) mass is 252 g/mol. The first-order valence-corrected chi connectivity index (χ1v) is 6.24. The Morgan fingerprint density at radius 2 is 2.33 bits per heavy atom. The normalized spacial score (nSPS) is 14.6. The van der Waals surface area contributed by atoms with Gasteiger partial charge in [0.15, 0.2) is 0 Å². The molecule has 6 heteroatoms. The Kier molecular flexibility index (Phi) is 4.19. The lowest BCUT2D eigenvalue weighted by Gasteiger charge is -2.05. The summed E-state index contributed by atoms with van der Waals surface area (Å²) in [6.07, 6.45) is 2.51. The van der Waals surface area contributed by atoms with Gasteiger partial charge >= 0.3 is 6.03 Å². The van der Waals surface area contributed by atoms with Crippen molar-refractivity contribution in [2.24, 2.45) is 7.05 Å². The van der Waals surface area contributed by atoms with E-state index >= 15 is 0 Å². The molecule has 1 fully saturated rings. The summed E-state index contributed by atoms with van der Waals surface area (Å²) >= 11 is 0. The molecule has 0 bridgehead atoms. The van der Waals surface area contributed by atoms with E-state index in [0.717, 1.165) is 5.69 Å². The van der Waals surface area contributed by atoms with Crippen molar-refractivity contribution < 1.29 is 9.53 Å². The van der Waals surface area contributed by atoms with E-state index in [1.807, 2.05) is 11.7 Å². The van der Waals surface area contributed by atoms with Gasteiger partial charge in [-0.05, 0) is 18.9 Å². The second-order valence-corrected chi connectivity index (χ2v) is 4.56. The van der Waals surface area contributed by atoms with Crippen molar-refractivity contribution in [3.8, 4) is 0 Å². The molecule has 0 aliphatic heterocycles. The van der Waals surface area contributed by atoms with Crippen LogP contribution in [0, 0.1) is 0 Å². The molecule has 0 radical (unpaired) electrons. The molecule has 6 nitrogen and oxygen atoms in total. The highest BCUT2D eigenvalue weighted by molar-refractivity contribution is 5.73. The van der Waals surface area contributed by atoms with E-state index in [0.29, 0.717) is 25.6 Å². The van der Waals surface area contributed by atoms with Crippen molar-refractivity contribution in [2.75, 3.05) is 20.3 Å². The van der Waals surface area contributed by atoms with Crippen LogP contribution >= 0.6 is 0 Å². The number of ether oxygens (including phenoxy) is 1. The molecule has 0 saturated heterocycles. The first-order valence-electron chi connectivity index (χ1n) is 6.24. The standard InChI is InChI=1S/C12H20N4O2/c1-16-11(9-3-4-9)7-10(15-16)8-14-12(17)13-5-6-18-2/h7,9H,3-6,8H2,1-2H3,(H2,13,14,17). The fourth-order valence-electron chi connectivity index (χ4n) is 1.89. The summed E-state index contributed by atoms with van der Waals surface area (Å²) in [5.41, 5.74) is 2.17. The van der Waals surface area contributed by atoms with Crippen LogP contribution in [-0.2, 0) is 18.3 Å². The molecule has 0 atom stereocenters. The van der Waals surface area contributed by atoms with E-state index < -0.39 is 0 Å². The number of nitrogens with zero attached hydrogens (tertiary/aromatic N) is 2. The van der Waals surface area contributed by atoms with Crippen LogP contribution in [0.1, 0.15) is 30.1 Å². The quantitative estimate of drug-likeness (QED) is 0.734. The number of urea groups is 1. The third-order valence-electron chi connectivity index (χ3n) is 2.98. The number of rotatable bonds is 6. The van der Waals surface area contributed by atoms with Gasteiger partial charge in [-0.15, -0.1) is 0 Å². The predicted octanol–water partition coefficient (Wildman–Crippen LogP) is 0.743. The van der Waals surface area contributed by atoms with Gasteiger partial charge in [0.2, 0.25) is 0 Å². The van der Waals surface area contributed by atoms with E-state index in [9.17, 15) is 4.79 Å². The summed E-state index contributed by atoms with van der Waals surface area (Å²) in [5, 5.41) is 9.87. The number of amides is 2. The van der Waals surface area contributed by atoms with Crippen LogP contribution in [0.5, 0.6) is 0 Å². The highest BCUT2D eigenvalue weighted by Gasteiger charge is 2.27. The van der Waals surface area contributed by atoms with Gasteiger partial charge in [0.25, 0.3) is 0 Å². The topological polar surface area (TPSA) is 68.2 Å². The number of carbonyl (C=O) groups is 1. The Morgan fingerprint density at radius 3 is 3.00 bits per heavy atom. The van der Waals surface area contributed by atoms with Gasteiger partial charge in [-0.25, -0.2) is 4.79 Å². The Hall–Kier alpha value is -1.56. The zero-order valence-electron chi connectivity index (χ0n) is 10.9.